The van der Waals surface area contributed by atoms with E-state index in [4.69, 9.17) is 0 Å². The van der Waals surface area contributed by atoms with Gasteiger partial charge in [-0.05, 0) is 22.0 Å². The highest BCUT2D eigenvalue weighted by Gasteiger charge is 2.47. The van der Waals surface area contributed by atoms with Crippen molar-refractivity contribution in [2.75, 3.05) is 0 Å². The third kappa shape index (κ3) is 2.41. The Labute approximate surface area is 106 Å². The van der Waals surface area contributed by atoms with Crippen molar-refractivity contribution in [3.63, 3.8) is 0 Å². The van der Waals surface area contributed by atoms with E-state index in [1.165, 1.54) is 0 Å². The van der Waals surface area contributed by atoms with Gasteiger partial charge in [-0.15, -0.1) is 0 Å². The molecule has 6 nitrogen and oxygen atoms in total. The van der Waals surface area contributed by atoms with E-state index in [-0.39, 0.29) is 6.07 Å². The molecule has 0 saturated heterocycles. The fraction of sp³-hybridized carbons (Fsp3) is 0.143. The fourth-order valence-electron chi connectivity index (χ4n) is 0.988. The summed E-state index contributed by atoms with van der Waals surface area (Å²) in [5.41, 5.74) is -6.73. The SMILES string of the molecule is O=[N+]([O-])c1cc(S(=O)(=O)C(F)(F)F)cc(Br)c1O. The normalized spacial score (nSPS) is 12.4. The number of rotatable bonds is 2. The average molecular weight is 350 g/mol. The van der Waals surface area contributed by atoms with Crippen LogP contribution >= 0.6 is 15.9 Å². The van der Waals surface area contributed by atoms with E-state index in [1.807, 2.05) is 0 Å². The molecule has 0 aliphatic carbocycles. The van der Waals surface area contributed by atoms with Crippen molar-refractivity contribution >= 4 is 31.5 Å². The first-order valence-electron chi connectivity index (χ1n) is 3.96. The number of nitro groups is 1. The maximum absolute atomic E-state index is 12.2. The first-order valence-corrected chi connectivity index (χ1v) is 6.24. The van der Waals surface area contributed by atoms with Gasteiger partial charge in [0.05, 0.1) is 14.3 Å². The van der Waals surface area contributed by atoms with Gasteiger partial charge in [0.25, 0.3) is 9.84 Å². The van der Waals surface area contributed by atoms with E-state index < -0.39 is 41.1 Å². The van der Waals surface area contributed by atoms with Crippen LogP contribution in [0, 0.1) is 10.1 Å². The summed E-state index contributed by atoms with van der Waals surface area (Å²) in [7, 11) is -5.72. The molecule has 0 heterocycles. The van der Waals surface area contributed by atoms with Gasteiger partial charge in [-0.1, -0.05) is 0 Å². The topological polar surface area (TPSA) is 97.5 Å². The van der Waals surface area contributed by atoms with Crippen LogP contribution in [0.1, 0.15) is 0 Å². The molecule has 1 aromatic rings. The maximum Gasteiger partial charge on any atom is 0.501 e. The molecular weight excluding hydrogens is 347 g/mol. The van der Waals surface area contributed by atoms with E-state index in [1.54, 1.807) is 0 Å². The number of hydrogen-bond donors (Lipinski definition) is 1. The van der Waals surface area contributed by atoms with Crippen molar-refractivity contribution in [1.29, 1.82) is 0 Å². The van der Waals surface area contributed by atoms with Gasteiger partial charge in [-0.2, -0.15) is 13.2 Å². The lowest BCUT2D eigenvalue weighted by molar-refractivity contribution is -0.386. The van der Waals surface area contributed by atoms with Crippen LogP contribution in [-0.4, -0.2) is 24.0 Å². The predicted molar refractivity (Wildman–Crippen MR) is 55.7 cm³/mol. The van der Waals surface area contributed by atoms with Crippen molar-refractivity contribution in [3.8, 4) is 5.75 Å². The Bertz CT molecular complexity index is 612. The molecule has 0 fully saturated rings. The second kappa shape index (κ2) is 4.39. The van der Waals surface area contributed by atoms with Gasteiger partial charge in [-0.25, -0.2) is 8.42 Å². The molecule has 0 amide bonds. The van der Waals surface area contributed by atoms with Crippen LogP contribution in [0.4, 0.5) is 18.9 Å². The molecule has 0 saturated carbocycles. The Morgan fingerprint density at radius 1 is 1.33 bits per heavy atom. The number of benzene rings is 1. The molecule has 1 N–H and O–H groups in total. The number of halogens is 4. The zero-order valence-corrected chi connectivity index (χ0v) is 10.5. The van der Waals surface area contributed by atoms with Crippen molar-refractivity contribution < 1.29 is 31.6 Å². The third-order valence-electron chi connectivity index (χ3n) is 1.83. The summed E-state index contributed by atoms with van der Waals surface area (Å²) >= 11 is 2.54. The van der Waals surface area contributed by atoms with Crippen molar-refractivity contribution in [1.82, 2.24) is 0 Å². The lowest BCUT2D eigenvalue weighted by atomic mass is 10.3. The Hall–Kier alpha value is -1.36. The molecule has 0 aliphatic heterocycles. The van der Waals surface area contributed by atoms with E-state index >= 15 is 0 Å². The molecule has 100 valence electrons. The van der Waals surface area contributed by atoms with Crippen LogP contribution in [0.15, 0.2) is 21.5 Å². The molecule has 0 bridgehead atoms. The molecule has 0 aromatic heterocycles. The van der Waals surface area contributed by atoms with Crippen LogP contribution in [0.5, 0.6) is 5.75 Å². The van der Waals surface area contributed by atoms with Crippen LogP contribution in [0.25, 0.3) is 0 Å². The number of aromatic hydroxyl groups is 1. The molecule has 18 heavy (non-hydrogen) atoms. The summed E-state index contributed by atoms with van der Waals surface area (Å²) in [6.45, 7) is 0. The van der Waals surface area contributed by atoms with Gasteiger partial charge in [0.15, 0.2) is 0 Å². The minimum atomic E-state index is -5.72. The standard InChI is InChI=1S/C7H3BrF3NO5S/c8-4-1-3(18(16,17)7(9,10)11)2-5(6(4)13)12(14)15/h1-2,13H. The number of phenols is 1. The Balaban J connectivity index is 3.61. The molecule has 0 aliphatic rings. The molecule has 0 unspecified atom stereocenters. The van der Waals surface area contributed by atoms with Crippen LogP contribution < -0.4 is 0 Å². The lowest BCUT2D eigenvalue weighted by Gasteiger charge is -2.09. The van der Waals surface area contributed by atoms with E-state index in [9.17, 15) is 36.8 Å². The number of sulfone groups is 1. The molecule has 0 atom stereocenters. The Morgan fingerprint density at radius 3 is 2.22 bits per heavy atom. The second-order valence-corrected chi connectivity index (χ2v) is 5.77. The molecule has 1 aromatic carbocycles. The zero-order chi connectivity index (χ0) is 14.3. The molecular formula is C7H3BrF3NO5S. The largest absolute Gasteiger partial charge is 0.501 e. The summed E-state index contributed by atoms with van der Waals surface area (Å²) in [5, 5.41) is 19.6. The van der Waals surface area contributed by atoms with Crippen LogP contribution in [0.2, 0.25) is 0 Å². The summed E-state index contributed by atoms with van der Waals surface area (Å²) in [6, 6.07) is 0.577. The maximum atomic E-state index is 12.2. The lowest BCUT2D eigenvalue weighted by Crippen LogP contribution is -2.23. The van der Waals surface area contributed by atoms with Gasteiger partial charge in [0.2, 0.25) is 5.75 Å². The summed E-state index contributed by atoms with van der Waals surface area (Å²) < 4.78 is 58.3. The quantitative estimate of drug-likeness (QED) is 0.652. The van der Waals surface area contributed by atoms with Crippen molar-refractivity contribution in [2.24, 2.45) is 0 Å². The first kappa shape index (κ1) is 14.7. The summed E-state index contributed by atoms with van der Waals surface area (Å²) in [6.07, 6.45) is 0. The van der Waals surface area contributed by atoms with Crippen LogP contribution in [0.3, 0.4) is 0 Å². The number of nitro benzene ring substituents is 1. The van der Waals surface area contributed by atoms with E-state index in [0.717, 1.165) is 0 Å². The molecule has 1 rings (SSSR count). The van der Waals surface area contributed by atoms with Crippen molar-refractivity contribution in [2.45, 2.75) is 10.4 Å². The fourth-order valence-corrected chi connectivity index (χ4v) is 2.40. The minimum Gasteiger partial charge on any atom is -0.501 e. The average Bonchev–Trinajstić information content (AvgIpc) is 2.19. The third-order valence-corrected chi connectivity index (χ3v) is 3.90. The monoisotopic (exact) mass is 349 g/mol. The number of phenolic OH excluding ortho intramolecular Hbond substituents is 1. The highest BCUT2D eigenvalue weighted by atomic mass is 79.9. The van der Waals surface area contributed by atoms with Crippen molar-refractivity contribution in [3.05, 3.63) is 26.7 Å². The predicted octanol–water partition coefficient (Wildman–Crippen LogP) is 2.36. The van der Waals surface area contributed by atoms with Gasteiger partial charge < -0.3 is 5.11 Å². The Kier molecular flexibility index (Phi) is 3.58. The Morgan fingerprint density at radius 2 is 1.83 bits per heavy atom. The minimum absolute atomic E-state index is 0.142. The van der Waals surface area contributed by atoms with E-state index in [0.29, 0.717) is 6.07 Å². The van der Waals surface area contributed by atoms with Gasteiger partial charge in [-0.3, -0.25) is 10.1 Å². The van der Waals surface area contributed by atoms with Gasteiger partial charge >= 0.3 is 11.2 Å². The summed E-state index contributed by atoms with van der Waals surface area (Å²) in [5.74, 6) is -0.957. The van der Waals surface area contributed by atoms with E-state index in [2.05, 4.69) is 15.9 Å². The molecule has 0 spiro atoms. The zero-order valence-electron chi connectivity index (χ0n) is 8.10. The molecule has 11 heteroatoms. The molecule has 0 radical (unpaired) electrons. The number of hydrogen-bond acceptors (Lipinski definition) is 5. The van der Waals surface area contributed by atoms with Crippen LogP contribution in [-0.2, 0) is 9.84 Å². The van der Waals surface area contributed by atoms with Gasteiger partial charge in [0.1, 0.15) is 0 Å². The number of alkyl halides is 3. The summed E-state index contributed by atoms with van der Waals surface area (Å²) in [4.78, 5) is 7.93. The first-order chi connectivity index (χ1) is 7.98. The highest BCUT2D eigenvalue weighted by molar-refractivity contribution is 9.10. The smallest absolute Gasteiger partial charge is 0.501 e. The second-order valence-electron chi connectivity index (χ2n) is 2.98. The van der Waals surface area contributed by atoms with Gasteiger partial charge in [0, 0.05) is 6.07 Å². The highest BCUT2D eigenvalue weighted by Crippen LogP contribution is 2.39. The number of nitrogens with zero attached hydrogens (tertiary/aromatic N) is 1.